The van der Waals surface area contributed by atoms with E-state index >= 15 is 0 Å². The molecule has 114 valence electrons. The molecule has 1 rings (SSSR count). The normalized spacial score (nSPS) is 19.7. The summed E-state index contributed by atoms with van der Waals surface area (Å²) >= 11 is 0. The largest absolute Gasteiger partial charge is 0.349 e. The second kappa shape index (κ2) is 9.73. The maximum absolute atomic E-state index is 5.63. The van der Waals surface area contributed by atoms with E-state index in [9.17, 15) is 0 Å². The fourth-order valence-electron chi connectivity index (χ4n) is 2.38. The Morgan fingerprint density at radius 3 is 2.00 bits per heavy atom. The second-order valence-electron chi connectivity index (χ2n) is 6.15. The topological polar surface area (TPSA) is 30.5 Å². The standard InChI is InChI=1S/C16H33NO2/c1-4-5-6-7-8-9-10-11-12-17-15-13-18-16(2,3)19-14-15/h15,17H,4-14H2,1-3H3. The van der Waals surface area contributed by atoms with Crippen LogP contribution in [0.1, 0.15) is 72.1 Å². The van der Waals surface area contributed by atoms with E-state index in [1.54, 1.807) is 0 Å². The zero-order chi connectivity index (χ0) is 14.0. The molecule has 0 radical (unpaired) electrons. The summed E-state index contributed by atoms with van der Waals surface area (Å²) < 4.78 is 11.3. The van der Waals surface area contributed by atoms with Crippen LogP contribution in [0, 0.1) is 0 Å². The van der Waals surface area contributed by atoms with Crippen LogP contribution in [0.2, 0.25) is 0 Å². The number of unbranched alkanes of at least 4 members (excludes halogenated alkanes) is 7. The van der Waals surface area contributed by atoms with Gasteiger partial charge in [-0.15, -0.1) is 0 Å². The molecular weight excluding hydrogens is 238 g/mol. The minimum absolute atomic E-state index is 0.373. The summed E-state index contributed by atoms with van der Waals surface area (Å²) in [5.74, 6) is -0.392. The zero-order valence-corrected chi connectivity index (χ0v) is 13.2. The third kappa shape index (κ3) is 8.61. The molecule has 0 amide bonds. The Bertz CT molecular complexity index is 209. The van der Waals surface area contributed by atoms with E-state index in [2.05, 4.69) is 12.2 Å². The fourth-order valence-corrected chi connectivity index (χ4v) is 2.38. The quantitative estimate of drug-likeness (QED) is 0.612. The molecule has 1 fully saturated rings. The summed E-state index contributed by atoms with van der Waals surface area (Å²) in [6.45, 7) is 8.84. The Morgan fingerprint density at radius 1 is 0.895 bits per heavy atom. The lowest BCUT2D eigenvalue weighted by molar-refractivity contribution is -0.252. The molecule has 1 aliphatic heterocycles. The highest BCUT2D eigenvalue weighted by atomic mass is 16.7. The van der Waals surface area contributed by atoms with Crippen LogP contribution in [0.25, 0.3) is 0 Å². The molecule has 1 N–H and O–H groups in total. The molecule has 1 heterocycles. The second-order valence-corrected chi connectivity index (χ2v) is 6.15. The van der Waals surface area contributed by atoms with Crippen molar-refractivity contribution in [1.29, 1.82) is 0 Å². The Labute approximate surface area is 119 Å². The molecule has 0 unspecified atom stereocenters. The van der Waals surface area contributed by atoms with Crippen molar-refractivity contribution in [2.75, 3.05) is 19.8 Å². The lowest BCUT2D eigenvalue weighted by atomic mass is 10.1. The summed E-state index contributed by atoms with van der Waals surface area (Å²) in [5.41, 5.74) is 0. The highest BCUT2D eigenvalue weighted by Gasteiger charge is 2.27. The van der Waals surface area contributed by atoms with Gasteiger partial charge in [0.2, 0.25) is 0 Å². The molecule has 1 saturated heterocycles. The Balaban J connectivity index is 1.84. The van der Waals surface area contributed by atoms with Gasteiger partial charge in [0.15, 0.2) is 5.79 Å². The van der Waals surface area contributed by atoms with Gasteiger partial charge in [-0.1, -0.05) is 51.9 Å². The lowest BCUT2D eigenvalue weighted by Crippen LogP contribution is -2.48. The van der Waals surface area contributed by atoms with E-state index in [-0.39, 0.29) is 0 Å². The average molecular weight is 271 g/mol. The Hall–Kier alpha value is -0.120. The third-order valence-electron chi connectivity index (χ3n) is 3.73. The van der Waals surface area contributed by atoms with Crippen LogP contribution >= 0.6 is 0 Å². The minimum Gasteiger partial charge on any atom is -0.349 e. The van der Waals surface area contributed by atoms with Gasteiger partial charge in [0.05, 0.1) is 19.3 Å². The van der Waals surface area contributed by atoms with Gasteiger partial charge in [0.1, 0.15) is 0 Å². The summed E-state index contributed by atoms with van der Waals surface area (Å²) in [6, 6.07) is 0.373. The number of hydrogen-bond donors (Lipinski definition) is 1. The Kier molecular flexibility index (Phi) is 8.67. The Morgan fingerprint density at radius 2 is 1.42 bits per heavy atom. The monoisotopic (exact) mass is 271 g/mol. The van der Waals surface area contributed by atoms with E-state index < -0.39 is 5.79 Å². The number of ether oxygens (including phenoxy) is 2. The van der Waals surface area contributed by atoms with Crippen LogP contribution in [0.3, 0.4) is 0 Å². The van der Waals surface area contributed by atoms with E-state index in [0.29, 0.717) is 6.04 Å². The van der Waals surface area contributed by atoms with Gasteiger partial charge < -0.3 is 14.8 Å². The number of hydrogen-bond acceptors (Lipinski definition) is 3. The van der Waals surface area contributed by atoms with Crippen LogP contribution in [-0.4, -0.2) is 31.6 Å². The van der Waals surface area contributed by atoms with Crippen molar-refractivity contribution in [2.24, 2.45) is 0 Å². The zero-order valence-electron chi connectivity index (χ0n) is 13.2. The van der Waals surface area contributed by atoms with E-state index in [1.165, 1.54) is 51.4 Å². The molecule has 0 spiro atoms. The summed E-state index contributed by atoms with van der Waals surface area (Å²) in [4.78, 5) is 0. The molecule has 1 aliphatic rings. The maximum atomic E-state index is 5.63. The van der Waals surface area contributed by atoms with Gasteiger partial charge in [-0.2, -0.15) is 0 Å². The highest BCUT2D eigenvalue weighted by Crippen LogP contribution is 2.16. The van der Waals surface area contributed by atoms with Crippen LogP contribution in [0.5, 0.6) is 0 Å². The fraction of sp³-hybridized carbons (Fsp3) is 1.00. The van der Waals surface area contributed by atoms with Gasteiger partial charge in [0.25, 0.3) is 0 Å². The van der Waals surface area contributed by atoms with Crippen molar-refractivity contribution >= 4 is 0 Å². The first-order chi connectivity index (χ1) is 9.14. The molecule has 0 bridgehead atoms. The molecule has 0 aliphatic carbocycles. The van der Waals surface area contributed by atoms with Crippen molar-refractivity contribution in [1.82, 2.24) is 5.32 Å². The number of nitrogens with one attached hydrogen (secondary N) is 1. The van der Waals surface area contributed by atoms with Gasteiger partial charge in [-0.3, -0.25) is 0 Å². The molecular formula is C16H33NO2. The van der Waals surface area contributed by atoms with E-state index in [1.807, 2.05) is 13.8 Å². The smallest absolute Gasteiger partial charge is 0.162 e. The molecule has 0 saturated carbocycles. The van der Waals surface area contributed by atoms with Crippen LogP contribution in [0.4, 0.5) is 0 Å². The molecule has 0 atom stereocenters. The molecule has 3 heteroatoms. The third-order valence-corrected chi connectivity index (χ3v) is 3.73. The first-order valence-corrected chi connectivity index (χ1v) is 8.15. The van der Waals surface area contributed by atoms with Crippen molar-refractivity contribution in [3.8, 4) is 0 Å². The molecule has 0 aromatic rings. The average Bonchev–Trinajstić information content (AvgIpc) is 2.38. The maximum Gasteiger partial charge on any atom is 0.162 e. The SMILES string of the molecule is CCCCCCCCCCNC1COC(C)(C)OC1. The van der Waals surface area contributed by atoms with Gasteiger partial charge in [0, 0.05) is 0 Å². The summed E-state index contributed by atoms with van der Waals surface area (Å²) in [6.07, 6.45) is 11.0. The van der Waals surface area contributed by atoms with Crippen molar-refractivity contribution in [3.63, 3.8) is 0 Å². The van der Waals surface area contributed by atoms with Gasteiger partial charge >= 0.3 is 0 Å². The summed E-state index contributed by atoms with van der Waals surface area (Å²) in [5, 5.41) is 3.52. The van der Waals surface area contributed by atoms with Crippen molar-refractivity contribution < 1.29 is 9.47 Å². The van der Waals surface area contributed by atoms with Crippen LogP contribution in [0.15, 0.2) is 0 Å². The lowest BCUT2D eigenvalue weighted by Gasteiger charge is -2.35. The number of rotatable bonds is 10. The van der Waals surface area contributed by atoms with Crippen molar-refractivity contribution in [3.05, 3.63) is 0 Å². The molecule has 19 heavy (non-hydrogen) atoms. The first kappa shape index (κ1) is 16.9. The highest BCUT2D eigenvalue weighted by molar-refractivity contribution is 4.72. The molecule has 3 nitrogen and oxygen atoms in total. The van der Waals surface area contributed by atoms with Crippen LogP contribution < -0.4 is 5.32 Å². The summed E-state index contributed by atoms with van der Waals surface area (Å²) in [7, 11) is 0. The van der Waals surface area contributed by atoms with Gasteiger partial charge in [-0.25, -0.2) is 0 Å². The predicted octanol–water partition coefficient (Wildman–Crippen LogP) is 3.87. The van der Waals surface area contributed by atoms with Crippen molar-refractivity contribution in [2.45, 2.75) is 84.0 Å². The van der Waals surface area contributed by atoms with E-state index in [0.717, 1.165) is 19.8 Å². The first-order valence-electron chi connectivity index (χ1n) is 8.15. The van der Waals surface area contributed by atoms with Gasteiger partial charge in [-0.05, 0) is 26.8 Å². The molecule has 0 aromatic heterocycles. The van der Waals surface area contributed by atoms with E-state index in [4.69, 9.17) is 9.47 Å². The predicted molar refractivity (Wildman–Crippen MR) is 80.4 cm³/mol. The van der Waals surface area contributed by atoms with Crippen LogP contribution in [-0.2, 0) is 9.47 Å². The minimum atomic E-state index is -0.392. The molecule has 0 aromatic carbocycles.